The highest BCUT2D eigenvalue weighted by Crippen LogP contribution is 2.43. The summed E-state index contributed by atoms with van der Waals surface area (Å²) >= 11 is 0. The molecule has 0 bridgehead atoms. The van der Waals surface area contributed by atoms with Crippen LogP contribution in [-0.4, -0.2) is 42.5 Å². The van der Waals surface area contributed by atoms with Crippen LogP contribution < -0.4 is 5.73 Å². The molecule has 0 radical (unpaired) electrons. The highest BCUT2D eigenvalue weighted by Gasteiger charge is 2.48. The molecule has 2 rings (SSSR count). The standard InChI is InChI=1S/C13H22N2O3/c1-2-18-11(16)8-15(10-4-5-10)12(17)13(9-14)6-3-7-13/h10H,2-9,14H2,1H3. The van der Waals surface area contributed by atoms with Crippen LogP contribution in [0.3, 0.4) is 0 Å². The molecule has 0 saturated heterocycles. The Balaban J connectivity index is 2.01. The number of nitrogens with two attached hydrogens (primary N) is 1. The second-order valence-corrected chi connectivity index (χ2v) is 5.31. The summed E-state index contributed by atoms with van der Waals surface area (Å²) < 4.78 is 4.93. The van der Waals surface area contributed by atoms with Crippen LogP contribution in [-0.2, 0) is 14.3 Å². The summed E-state index contributed by atoms with van der Waals surface area (Å²) in [5.41, 5.74) is 5.36. The van der Waals surface area contributed by atoms with E-state index in [1.165, 1.54) is 0 Å². The quantitative estimate of drug-likeness (QED) is 0.707. The van der Waals surface area contributed by atoms with Crippen molar-refractivity contribution >= 4 is 11.9 Å². The largest absolute Gasteiger partial charge is 0.465 e. The van der Waals surface area contributed by atoms with E-state index in [0.29, 0.717) is 13.2 Å². The van der Waals surface area contributed by atoms with Crippen LogP contribution in [0.4, 0.5) is 0 Å². The van der Waals surface area contributed by atoms with Crippen LogP contribution in [0.5, 0.6) is 0 Å². The molecule has 102 valence electrons. The Morgan fingerprint density at radius 2 is 2.06 bits per heavy atom. The number of carbonyl (C=O) groups excluding carboxylic acids is 2. The lowest BCUT2D eigenvalue weighted by Gasteiger charge is -2.42. The minimum atomic E-state index is -0.394. The van der Waals surface area contributed by atoms with Crippen molar-refractivity contribution in [2.24, 2.45) is 11.1 Å². The first kappa shape index (κ1) is 13.3. The number of carbonyl (C=O) groups is 2. The van der Waals surface area contributed by atoms with Crippen molar-refractivity contribution in [1.82, 2.24) is 4.90 Å². The molecule has 2 saturated carbocycles. The molecule has 0 aromatic rings. The van der Waals surface area contributed by atoms with Crippen LogP contribution in [0.1, 0.15) is 39.0 Å². The molecule has 5 nitrogen and oxygen atoms in total. The van der Waals surface area contributed by atoms with Crippen molar-refractivity contribution in [3.05, 3.63) is 0 Å². The number of rotatable bonds is 6. The lowest BCUT2D eigenvalue weighted by molar-refractivity contribution is -0.156. The summed E-state index contributed by atoms with van der Waals surface area (Å²) in [6, 6.07) is 0.228. The molecule has 2 N–H and O–H groups in total. The van der Waals surface area contributed by atoms with Gasteiger partial charge in [0.2, 0.25) is 5.91 Å². The monoisotopic (exact) mass is 254 g/mol. The molecule has 0 aromatic carbocycles. The molecule has 0 atom stereocenters. The molecule has 0 spiro atoms. The van der Waals surface area contributed by atoms with Gasteiger partial charge in [0.1, 0.15) is 6.54 Å². The van der Waals surface area contributed by atoms with Gasteiger partial charge in [-0.1, -0.05) is 6.42 Å². The zero-order chi connectivity index (χ0) is 13.2. The number of amides is 1. The molecule has 1 amide bonds. The summed E-state index contributed by atoms with van der Waals surface area (Å²) in [5.74, 6) is -0.254. The fourth-order valence-electron chi connectivity index (χ4n) is 2.51. The molecule has 0 unspecified atom stereocenters. The summed E-state index contributed by atoms with van der Waals surface area (Å²) in [4.78, 5) is 25.8. The normalized spacial score (nSPS) is 21.0. The van der Waals surface area contributed by atoms with E-state index >= 15 is 0 Å². The van der Waals surface area contributed by atoms with E-state index in [1.807, 2.05) is 0 Å². The van der Waals surface area contributed by atoms with Crippen molar-refractivity contribution in [1.29, 1.82) is 0 Å². The van der Waals surface area contributed by atoms with Gasteiger partial charge in [-0.05, 0) is 32.6 Å². The smallest absolute Gasteiger partial charge is 0.325 e. The topological polar surface area (TPSA) is 72.6 Å². The van der Waals surface area contributed by atoms with Gasteiger partial charge in [0, 0.05) is 12.6 Å². The number of nitrogens with zero attached hydrogens (tertiary/aromatic N) is 1. The zero-order valence-electron chi connectivity index (χ0n) is 11.0. The average molecular weight is 254 g/mol. The van der Waals surface area contributed by atoms with Gasteiger partial charge in [-0.15, -0.1) is 0 Å². The summed E-state index contributed by atoms with van der Waals surface area (Å²) in [5, 5.41) is 0. The molecular formula is C13H22N2O3. The first-order chi connectivity index (χ1) is 8.63. The zero-order valence-corrected chi connectivity index (χ0v) is 11.0. The van der Waals surface area contributed by atoms with Gasteiger partial charge < -0.3 is 15.4 Å². The van der Waals surface area contributed by atoms with Crippen molar-refractivity contribution in [3.8, 4) is 0 Å². The first-order valence-corrected chi connectivity index (χ1v) is 6.80. The molecule has 5 heteroatoms. The van der Waals surface area contributed by atoms with Gasteiger partial charge in [-0.2, -0.15) is 0 Å². The number of hydrogen-bond donors (Lipinski definition) is 1. The summed E-state index contributed by atoms with van der Waals surface area (Å²) in [7, 11) is 0. The maximum atomic E-state index is 12.5. The Morgan fingerprint density at radius 3 is 2.44 bits per heavy atom. The maximum Gasteiger partial charge on any atom is 0.325 e. The van der Waals surface area contributed by atoms with Gasteiger partial charge in [0.25, 0.3) is 0 Å². The third-order valence-electron chi connectivity index (χ3n) is 4.01. The predicted octanol–water partition coefficient (Wildman–Crippen LogP) is 0.669. The Morgan fingerprint density at radius 1 is 1.39 bits per heavy atom. The molecule has 0 aromatic heterocycles. The molecule has 18 heavy (non-hydrogen) atoms. The van der Waals surface area contributed by atoms with Crippen LogP contribution in [0.25, 0.3) is 0 Å². The second kappa shape index (κ2) is 5.26. The van der Waals surface area contributed by atoms with Crippen LogP contribution in [0.2, 0.25) is 0 Å². The second-order valence-electron chi connectivity index (χ2n) is 5.31. The number of ether oxygens (including phenoxy) is 1. The van der Waals surface area contributed by atoms with Crippen molar-refractivity contribution in [3.63, 3.8) is 0 Å². The van der Waals surface area contributed by atoms with E-state index in [2.05, 4.69) is 0 Å². The molecule has 2 aliphatic rings. The fraction of sp³-hybridized carbons (Fsp3) is 0.846. The van der Waals surface area contributed by atoms with Gasteiger partial charge in [-0.25, -0.2) is 0 Å². The molecular weight excluding hydrogens is 232 g/mol. The Kier molecular flexibility index (Phi) is 3.90. The van der Waals surface area contributed by atoms with E-state index in [1.54, 1.807) is 11.8 Å². The Bertz CT molecular complexity index is 330. The SMILES string of the molecule is CCOC(=O)CN(C(=O)C1(CN)CCC1)C1CC1. The summed E-state index contributed by atoms with van der Waals surface area (Å²) in [6.07, 6.45) is 4.75. The van der Waals surface area contributed by atoms with Crippen LogP contribution in [0, 0.1) is 5.41 Å². The third-order valence-corrected chi connectivity index (χ3v) is 4.01. The summed E-state index contributed by atoms with van der Waals surface area (Å²) in [6.45, 7) is 2.60. The molecule has 0 heterocycles. The predicted molar refractivity (Wildman–Crippen MR) is 66.7 cm³/mol. The van der Waals surface area contributed by atoms with E-state index < -0.39 is 5.41 Å². The van der Waals surface area contributed by atoms with Crippen molar-refractivity contribution in [2.45, 2.75) is 45.1 Å². The fourth-order valence-corrected chi connectivity index (χ4v) is 2.51. The third kappa shape index (κ3) is 2.51. The minimum absolute atomic E-state index is 0.0619. The first-order valence-electron chi connectivity index (χ1n) is 6.80. The van der Waals surface area contributed by atoms with E-state index in [-0.39, 0.29) is 24.5 Å². The Hall–Kier alpha value is -1.10. The van der Waals surface area contributed by atoms with E-state index in [9.17, 15) is 9.59 Å². The van der Waals surface area contributed by atoms with Crippen molar-refractivity contribution < 1.29 is 14.3 Å². The lowest BCUT2D eigenvalue weighted by atomic mass is 9.67. The van der Waals surface area contributed by atoms with Gasteiger partial charge in [0.05, 0.1) is 12.0 Å². The minimum Gasteiger partial charge on any atom is -0.465 e. The lowest BCUT2D eigenvalue weighted by Crippen LogP contribution is -2.53. The van der Waals surface area contributed by atoms with Gasteiger partial charge >= 0.3 is 5.97 Å². The molecule has 2 aliphatic carbocycles. The Labute approximate surface area is 108 Å². The van der Waals surface area contributed by atoms with Gasteiger partial charge in [-0.3, -0.25) is 9.59 Å². The maximum absolute atomic E-state index is 12.5. The van der Waals surface area contributed by atoms with E-state index in [4.69, 9.17) is 10.5 Å². The van der Waals surface area contributed by atoms with Crippen LogP contribution in [0.15, 0.2) is 0 Å². The number of esters is 1. The highest BCUT2D eigenvalue weighted by atomic mass is 16.5. The average Bonchev–Trinajstić information content (AvgIpc) is 3.09. The molecule has 0 aliphatic heterocycles. The van der Waals surface area contributed by atoms with Gasteiger partial charge in [0.15, 0.2) is 0 Å². The van der Waals surface area contributed by atoms with Crippen LogP contribution >= 0.6 is 0 Å². The van der Waals surface area contributed by atoms with E-state index in [0.717, 1.165) is 32.1 Å². The number of hydrogen-bond acceptors (Lipinski definition) is 4. The molecule has 2 fully saturated rings. The highest BCUT2D eigenvalue weighted by molar-refractivity contribution is 5.87. The van der Waals surface area contributed by atoms with Crippen molar-refractivity contribution in [2.75, 3.05) is 19.7 Å².